The minimum atomic E-state index is -0.948. The summed E-state index contributed by atoms with van der Waals surface area (Å²) in [5, 5.41) is 0. The fourth-order valence-corrected chi connectivity index (χ4v) is 5.48. The second kappa shape index (κ2) is 7.17. The molecule has 0 aromatic heterocycles. The van der Waals surface area contributed by atoms with E-state index in [1.165, 1.54) is 0 Å². The second-order valence-electron chi connectivity index (χ2n) is 7.40. The fourth-order valence-electron chi connectivity index (χ4n) is 4.01. The molecule has 146 valence electrons. The Morgan fingerprint density at radius 2 is 2.00 bits per heavy atom. The second-order valence-corrected chi connectivity index (χ2v) is 8.68. The van der Waals surface area contributed by atoms with Gasteiger partial charge in [0.1, 0.15) is 5.75 Å². The molecule has 1 atom stereocenters. The molecule has 0 radical (unpaired) electrons. The summed E-state index contributed by atoms with van der Waals surface area (Å²) in [5.74, 6) is 1.36. The molecule has 2 aliphatic heterocycles. The first kappa shape index (κ1) is 18.9. The third-order valence-electron chi connectivity index (χ3n) is 5.34. The van der Waals surface area contributed by atoms with Crippen LogP contribution in [0.1, 0.15) is 25.0 Å². The molecule has 0 bridgehead atoms. The molecule has 0 saturated carbocycles. The summed E-state index contributed by atoms with van der Waals surface area (Å²) in [4.78, 5) is 29.3. The van der Waals surface area contributed by atoms with E-state index in [0.717, 1.165) is 28.3 Å². The van der Waals surface area contributed by atoms with Crippen LogP contribution in [0.2, 0.25) is 0 Å². The average Bonchev–Trinajstić information content (AvgIpc) is 3.25. The van der Waals surface area contributed by atoms with Gasteiger partial charge in [-0.15, -0.1) is 11.8 Å². The van der Waals surface area contributed by atoms with Crippen molar-refractivity contribution in [1.82, 2.24) is 4.90 Å². The van der Waals surface area contributed by atoms with E-state index in [2.05, 4.69) is 0 Å². The Balaban J connectivity index is 1.77. The number of para-hydroxylation sites is 1. The van der Waals surface area contributed by atoms with Crippen molar-refractivity contribution in [2.75, 3.05) is 24.3 Å². The lowest BCUT2D eigenvalue weighted by Gasteiger charge is -2.34. The maximum Gasteiger partial charge on any atom is 0.268 e. The van der Waals surface area contributed by atoms with Crippen LogP contribution in [0.3, 0.4) is 0 Å². The van der Waals surface area contributed by atoms with Crippen molar-refractivity contribution in [2.45, 2.75) is 25.3 Å². The number of hydrogen-bond donors (Lipinski definition) is 0. The predicted octanol–water partition coefficient (Wildman–Crippen LogP) is 3.63. The maximum atomic E-state index is 13.8. The van der Waals surface area contributed by atoms with E-state index in [-0.39, 0.29) is 17.7 Å². The molecule has 6 heteroatoms. The van der Waals surface area contributed by atoms with E-state index in [0.29, 0.717) is 13.1 Å². The number of carbonyl (C=O) groups is 2. The summed E-state index contributed by atoms with van der Waals surface area (Å²) in [5.41, 5.74) is 2.79. The molecular formula is C22H24N2O3S. The van der Waals surface area contributed by atoms with Gasteiger partial charge in [0, 0.05) is 23.8 Å². The van der Waals surface area contributed by atoms with Gasteiger partial charge in [0.05, 0.1) is 19.3 Å². The van der Waals surface area contributed by atoms with E-state index < -0.39 is 4.87 Å². The highest BCUT2D eigenvalue weighted by Crippen LogP contribution is 2.54. The Bertz CT molecular complexity index is 930. The van der Waals surface area contributed by atoms with Gasteiger partial charge in [-0.05, 0) is 23.8 Å². The molecule has 0 N–H and O–H groups in total. The molecule has 1 spiro atoms. The Morgan fingerprint density at radius 1 is 1.21 bits per heavy atom. The van der Waals surface area contributed by atoms with Crippen molar-refractivity contribution in [3.05, 3.63) is 59.7 Å². The SMILES string of the molecule is COc1cccc(CN2C(=O)C3(SCCN3C(=O)C(C)C)c3ccccc32)c1. The number of anilines is 1. The molecule has 28 heavy (non-hydrogen) atoms. The number of nitrogens with zero attached hydrogens (tertiary/aromatic N) is 2. The van der Waals surface area contributed by atoms with E-state index in [9.17, 15) is 9.59 Å². The third kappa shape index (κ3) is 2.78. The molecule has 1 saturated heterocycles. The van der Waals surface area contributed by atoms with Crippen LogP contribution in [0.15, 0.2) is 48.5 Å². The van der Waals surface area contributed by atoms with Gasteiger partial charge in [-0.3, -0.25) is 9.59 Å². The molecule has 1 fully saturated rings. The number of methoxy groups -OCH3 is 1. The Kier molecular flexibility index (Phi) is 4.83. The normalized spacial score (nSPS) is 20.9. The minimum absolute atomic E-state index is 0.0244. The van der Waals surface area contributed by atoms with Gasteiger partial charge in [-0.2, -0.15) is 0 Å². The minimum Gasteiger partial charge on any atom is -0.497 e. The zero-order valence-corrected chi connectivity index (χ0v) is 17.2. The number of fused-ring (bicyclic) bond motifs is 2. The van der Waals surface area contributed by atoms with E-state index in [1.54, 1.807) is 23.8 Å². The van der Waals surface area contributed by atoms with Crippen molar-refractivity contribution >= 4 is 29.3 Å². The van der Waals surface area contributed by atoms with Crippen molar-refractivity contribution in [3.63, 3.8) is 0 Å². The first-order valence-electron chi connectivity index (χ1n) is 9.49. The highest BCUT2D eigenvalue weighted by molar-refractivity contribution is 8.01. The van der Waals surface area contributed by atoms with E-state index in [4.69, 9.17) is 4.74 Å². The van der Waals surface area contributed by atoms with Crippen molar-refractivity contribution in [1.29, 1.82) is 0 Å². The Labute approximate surface area is 169 Å². The Morgan fingerprint density at radius 3 is 2.75 bits per heavy atom. The standard InChI is InChI=1S/C22H24N2O3S/c1-15(2)20(25)24-11-12-28-22(24)18-9-4-5-10-19(18)23(21(22)26)14-16-7-6-8-17(13-16)27-3/h4-10,13,15H,11-12,14H2,1-3H3. The molecule has 1 unspecified atom stereocenters. The quantitative estimate of drug-likeness (QED) is 0.792. The monoisotopic (exact) mass is 396 g/mol. The first-order chi connectivity index (χ1) is 13.5. The largest absolute Gasteiger partial charge is 0.497 e. The van der Waals surface area contributed by atoms with Crippen LogP contribution >= 0.6 is 11.8 Å². The highest BCUT2D eigenvalue weighted by Gasteiger charge is 2.59. The van der Waals surface area contributed by atoms with Crippen LogP contribution < -0.4 is 9.64 Å². The molecule has 2 aromatic rings. The van der Waals surface area contributed by atoms with Gasteiger partial charge in [-0.25, -0.2) is 0 Å². The summed E-state index contributed by atoms with van der Waals surface area (Å²) in [6, 6.07) is 15.6. The number of carbonyl (C=O) groups excluding carboxylic acids is 2. The molecule has 4 rings (SSSR count). The van der Waals surface area contributed by atoms with E-state index in [1.807, 2.05) is 67.3 Å². The van der Waals surface area contributed by atoms with Gasteiger partial charge in [-0.1, -0.05) is 44.2 Å². The van der Waals surface area contributed by atoms with Crippen LogP contribution in [-0.2, 0) is 21.0 Å². The zero-order chi connectivity index (χ0) is 19.9. The number of ether oxygens (including phenoxy) is 1. The first-order valence-corrected chi connectivity index (χ1v) is 10.5. The zero-order valence-electron chi connectivity index (χ0n) is 16.3. The van der Waals surface area contributed by atoms with Gasteiger partial charge >= 0.3 is 0 Å². The molecule has 2 heterocycles. The fraction of sp³-hybridized carbons (Fsp3) is 0.364. The number of amides is 2. The Hall–Kier alpha value is -2.47. The smallest absolute Gasteiger partial charge is 0.268 e. The molecular weight excluding hydrogens is 372 g/mol. The predicted molar refractivity (Wildman–Crippen MR) is 111 cm³/mol. The van der Waals surface area contributed by atoms with Crippen molar-refractivity contribution < 1.29 is 14.3 Å². The molecule has 2 amide bonds. The number of thioether (sulfide) groups is 1. The maximum absolute atomic E-state index is 13.8. The summed E-state index contributed by atoms with van der Waals surface area (Å²) < 4.78 is 5.32. The van der Waals surface area contributed by atoms with Crippen molar-refractivity contribution in [2.24, 2.45) is 5.92 Å². The lowest BCUT2D eigenvalue weighted by Crippen LogP contribution is -2.51. The summed E-state index contributed by atoms with van der Waals surface area (Å²) in [6.45, 7) is 4.81. The van der Waals surface area contributed by atoms with Crippen LogP contribution in [0.4, 0.5) is 5.69 Å². The van der Waals surface area contributed by atoms with Crippen LogP contribution in [0.5, 0.6) is 5.75 Å². The average molecular weight is 397 g/mol. The molecule has 2 aromatic carbocycles. The lowest BCUT2D eigenvalue weighted by molar-refractivity contribution is -0.142. The van der Waals surface area contributed by atoms with Gasteiger partial charge in [0.15, 0.2) is 4.87 Å². The van der Waals surface area contributed by atoms with Crippen LogP contribution in [0.25, 0.3) is 0 Å². The summed E-state index contributed by atoms with van der Waals surface area (Å²) in [6.07, 6.45) is 0. The lowest BCUT2D eigenvalue weighted by atomic mass is 10.0. The topological polar surface area (TPSA) is 49.9 Å². The van der Waals surface area contributed by atoms with Gasteiger partial charge in [0.2, 0.25) is 5.91 Å². The molecule has 0 aliphatic carbocycles. The van der Waals surface area contributed by atoms with Crippen molar-refractivity contribution in [3.8, 4) is 5.75 Å². The number of rotatable bonds is 4. The van der Waals surface area contributed by atoms with Gasteiger partial charge < -0.3 is 14.5 Å². The van der Waals surface area contributed by atoms with E-state index >= 15 is 0 Å². The summed E-state index contributed by atoms with van der Waals surface area (Å²) >= 11 is 1.57. The number of hydrogen-bond acceptors (Lipinski definition) is 4. The van der Waals surface area contributed by atoms with Gasteiger partial charge in [0.25, 0.3) is 5.91 Å². The molecule has 2 aliphatic rings. The number of benzene rings is 2. The summed E-state index contributed by atoms with van der Waals surface area (Å²) in [7, 11) is 1.63. The van der Waals surface area contributed by atoms with Crippen LogP contribution in [0, 0.1) is 5.92 Å². The molecule has 5 nitrogen and oxygen atoms in total. The third-order valence-corrected chi connectivity index (χ3v) is 6.76. The highest BCUT2D eigenvalue weighted by atomic mass is 32.2. The van der Waals surface area contributed by atoms with Crippen LogP contribution in [-0.4, -0.2) is 36.1 Å².